The van der Waals surface area contributed by atoms with Gasteiger partial charge >= 0.3 is 0 Å². The standard InChI is InChI=1S/C19H25N3O2/c23-17(21-13-8-15-4-2-1-3-5-15)19(9-10-19)18(24)22-14-16-6-11-20-12-7-16/h4,6-7,11-12H,1-3,5,8-10,13-14H2,(H,21,23)(H,22,24). The predicted molar refractivity (Wildman–Crippen MR) is 91.9 cm³/mol. The number of rotatable bonds is 7. The smallest absolute Gasteiger partial charge is 0.235 e. The summed E-state index contributed by atoms with van der Waals surface area (Å²) < 4.78 is 0. The van der Waals surface area contributed by atoms with Crippen molar-refractivity contribution < 1.29 is 9.59 Å². The molecular formula is C19H25N3O2. The highest BCUT2D eigenvalue weighted by Crippen LogP contribution is 2.46. The van der Waals surface area contributed by atoms with Crippen LogP contribution in [0.25, 0.3) is 0 Å². The molecule has 1 aromatic rings. The van der Waals surface area contributed by atoms with Gasteiger partial charge in [-0.2, -0.15) is 0 Å². The van der Waals surface area contributed by atoms with Gasteiger partial charge in [-0.3, -0.25) is 14.6 Å². The average molecular weight is 327 g/mol. The molecule has 2 N–H and O–H groups in total. The molecule has 128 valence electrons. The van der Waals surface area contributed by atoms with Crippen LogP contribution in [0.2, 0.25) is 0 Å². The number of nitrogens with zero attached hydrogens (tertiary/aromatic N) is 1. The number of nitrogens with one attached hydrogen (secondary N) is 2. The Bertz CT molecular complexity index is 621. The molecule has 0 aliphatic heterocycles. The number of pyridine rings is 1. The van der Waals surface area contributed by atoms with E-state index in [-0.39, 0.29) is 11.8 Å². The zero-order valence-electron chi connectivity index (χ0n) is 14.0. The van der Waals surface area contributed by atoms with E-state index in [9.17, 15) is 9.59 Å². The van der Waals surface area contributed by atoms with Crippen LogP contribution in [0.5, 0.6) is 0 Å². The molecule has 1 heterocycles. The van der Waals surface area contributed by atoms with Gasteiger partial charge in [-0.1, -0.05) is 11.6 Å². The molecule has 1 aromatic heterocycles. The zero-order chi connectivity index (χ0) is 16.8. The highest BCUT2D eigenvalue weighted by molar-refractivity contribution is 6.07. The minimum Gasteiger partial charge on any atom is -0.355 e. The molecule has 0 unspecified atom stereocenters. The summed E-state index contributed by atoms with van der Waals surface area (Å²) in [5, 5.41) is 5.84. The number of hydrogen-bond acceptors (Lipinski definition) is 3. The second-order valence-corrected chi connectivity index (χ2v) is 6.73. The van der Waals surface area contributed by atoms with Crippen molar-refractivity contribution in [3.63, 3.8) is 0 Å². The Morgan fingerprint density at radius 3 is 2.50 bits per heavy atom. The van der Waals surface area contributed by atoms with Gasteiger partial charge in [0.15, 0.2) is 0 Å². The van der Waals surface area contributed by atoms with Gasteiger partial charge in [0.05, 0.1) is 0 Å². The minimum atomic E-state index is -0.839. The van der Waals surface area contributed by atoms with Crippen molar-refractivity contribution >= 4 is 11.8 Å². The molecule has 3 rings (SSSR count). The maximum Gasteiger partial charge on any atom is 0.235 e. The fourth-order valence-electron chi connectivity index (χ4n) is 3.17. The summed E-state index contributed by atoms with van der Waals surface area (Å²) in [5.41, 5.74) is 1.58. The molecular weight excluding hydrogens is 302 g/mol. The molecule has 0 saturated heterocycles. The quantitative estimate of drug-likeness (QED) is 0.597. The Kier molecular flexibility index (Phi) is 5.28. The highest BCUT2D eigenvalue weighted by atomic mass is 16.2. The van der Waals surface area contributed by atoms with E-state index in [0.717, 1.165) is 24.8 Å². The number of carbonyl (C=O) groups excluding carboxylic acids is 2. The Labute approximate surface area is 142 Å². The fraction of sp³-hybridized carbons (Fsp3) is 0.526. The number of carbonyl (C=O) groups is 2. The summed E-state index contributed by atoms with van der Waals surface area (Å²) >= 11 is 0. The van der Waals surface area contributed by atoms with Crippen molar-refractivity contribution in [1.29, 1.82) is 0 Å². The molecule has 0 spiro atoms. The molecule has 0 radical (unpaired) electrons. The molecule has 2 amide bonds. The second kappa shape index (κ2) is 7.60. The molecule has 2 aliphatic rings. The van der Waals surface area contributed by atoms with E-state index in [0.29, 0.717) is 25.9 Å². The first kappa shape index (κ1) is 16.7. The lowest BCUT2D eigenvalue weighted by Crippen LogP contribution is -2.43. The van der Waals surface area contributed by atoms with E-state index in [1.807, 2.05) is 12.1 Å². The maximum absolute atomic E-state index is 12.4. The SMILES string of the molecule is O=C(NCCC1=CCCCC1)C1(C(=O)NCc2ccncc2)CC1. The van der Waals surface area contributed by atoms with Crippen molar-refractivity contribution in [1.82, 2.24) is 15.6 Å². The summed E-state index contributed by atoms with van der Waals surface area (Å²) in [5.74, 6) is -0.278. The van der Waals surface area contributed by atoms with Crippen LogP contribution in [0.15, 0.2) is 36.2 Å². The Morgan fingerprint density at radius 1 is 1.08 bits per heavy atom. The highest BCUT2D eigenvalue weighted by Gasteiger charge is 2.56. The van der Waals surface area contributed by atoms with Crippen LogP contribution in [0.1, 0.15) is 50.5 Å². The zero-order valence-corrected chi connectivity index (χ0v) is 14.0. The molecule has 5 heteroatoms. The van der Waals surface area contributed by atoms with E-state index in [4.69, 9.17) is 0 Å². The van der Waals surface area contributed by atoms with Crippen LogP contribution >= 0.6 is 0 Å². The average Bonchev–Trinajstić information content (AvgIpc) is 3.43. The van der Waals surface area contributed by atoms with Crippen molar-refractivity contribution in [2.24, 2.45) is 5.41 Å². The van der Waals surface area contributed by atoms with Gasteiger partial charge in [0.2, 0.25) is 11.8 Å². The molecule has 1 fully saturated rings. The van der Waals surface area contributed by atoms with Gasteiger partial charge in [0, 0.05) is 25.5 Å². The van der Waals surface area contributed by atoms with Gasteiger partial charge < -0.3 is 10.6 Å². The topological polar surface area (TPSA) is 71.1 Å². The molecule has 0 bridgehead atoms. The van der Waals surface area contributed by atoms with E-state index >= 15 is 0 Å². The predicted octanol–water partition coefficient (Wildman–Crippen LogP) is 2.48. The number of allylic oxidation sites excluding steroid dienone is 1. The summed E-state index contributed by atoms with van der Waals surface area (Å²) in [6.45, 7) is 1.06. The number of aromatic nitrogens is 1. The third-order valence-corrected chi connectivity index (χ3v) is 4.94. The van der Waals surface area contributed by atoms with Crippen LogP contribution in [-0.2, 0) is 16.1 Å². The molecule has 24 heavy (non-hydrogen) atoms. The summed E-state index contributed by atoms with van der Waals surface area (Å²) in [4.78, 5) is 28.8. The molecule has 0 aromatic carbocycles. The third kappa shape index (κ3) is 4.02. The Balaban J connectivity index is 1.45. The van der Waals surface area contributed by atoms with Crippen LogP contribution in [0, 0.1) is 5.41 Å². The van der Waals surface area contributed by atoms with Crippen LogP contribution in [-0.4, -0.2) is 23.3 Å². The van der Waals surface area contributed by atoms with Crippen LogP contribution in [0.3, 0.4) is 0 Å². The maximum atomic E-state index is 12.4. The van der Waals surface area contributed by atoms with Crippen LogP contribution < -0.4 is 10.6 Å². The fourth-order valence-corrected chi connectivity index (χ4v) is 3.17. The summed E-state index contributed by atoms with van der Waals surface area (Å²) in [7, 11) is 0. The lowest BCUT2D eigenvalue weighted by molar-refractivity contribution is -0.137. The molecule has 2 aliphatic carbocycles. The normalized spacial score (nSPS) is 18.4. The summed E-state index contributed by atoms with van der Waals surface area (Å²) in [6, 6.07) is 3.72. The first-order chi connectivity index (χ1) is 11.7. The van der Waals surface area contributed by atoms with Gasteiger partial charge in [-0.15, -0.1) is 0 Å². The number of amides is 2. The van der Waals surface area contributed by atoms with Crippen LogP contribution in [0.4, 0.5) is 0 Å². The lowest BCUT2D eigenvalue weighted by atomic mass is 9.97. The van der Waals surface area contributed by atoms with E-state index in [1.54, 1.807) is 12.4 Å². The van der Waals surface area contributed by atoms with Gasteiger partial charge in [0.25, 0.3) is 0 Å². The van der Waals surface area contributed by atoms with E-state index in [1.165, 1.54) is 18.4 Å². The number of hydrogen-bond donors (Lipinski definition) is 2. The first-order valence-electron chi connectivity index (χ1n) is 8.84. The van der Waals surface area contributed by atoms with Gasteiger partial charge in [-0.05, 0) is 62.6 Å². The first-order valence-corrected chi connectivity index (χ1v) is 8.84. The molecule has 1 saturated carbocycles. The van der Waals surface area contributed by atoms with Crippen molar-refractivity contribution in [2.45, 2.75) is 51.5 Å². The minimum absolute atomic E-state index is 0.119. The molecule has 5 nitrogen and oxygen atoms in total. The Hall–Kier alpha value is -2.17. The van der Waals surface area contributed by atoms with Gasteiger partial charge in [0.1, 0.15) is 5.41 Å². The van der Waals surface area contributed by atoms with E-state index < -0.39 is 5.41 Å². The van der Waals surface area contributed by atoms with Crippen molar-refractivity contribution in [3.05, 3.63) is 41.7 Å². The summed E-state index contributed by atoms with van der Waals surface area (Å²) in [6.07, 6.45) is 12.7. The largest absolute Gasteiger partial charge is 0.355 e. The van der Waals surface area contributed by atoms with Crippen molar-refractivity contribution in [3.8, 4) is 0 Å². The Morgan fingerprint density at radius 2 is 1.83 bits per heavy atom. The molecule has 0 atom stereocenters. The third-order valence-electron chi connectivity index (χ3n) is 4.94. The monoisotopic (exact) mass is 327 g/mol. The van der Waals surface area contributed by atoms with Crippen molar-refractivity contribution in [2.75, 3.05) is 6.54 Å². The van der Waals surface area contributed by atoms with Gasteiger partial charge in [-0.25, -0.2) is 0 Å². The second-order valence-electron chi connectivity index (χ2n) is 6.73. The lowest BCUT2D eigenvalue weighted by Gasteiger charge is -2.17. The van der Waals surface area contributed by atoms with E-state index in [2.05, 4.69) is 21.7 Å².